The number of halogens is 1. The molecule has 1 atom stereocenters. The van der Waals surface area contributed by atoms with Crippen molar-refractivity contribution < 1.29 is 4.43 Å². The van der Waals surface area contributed by atoms with Gasteiger partial charge >= 0.3 is 0 Å². The molecule has 0 N–H and O–H groups in total. The molecule has 1 unspecified atom stereocenters. The van der Waals surface area contributed by atoms with E-state index in [2.05, 4.69) is 32.9 Å². The summed E-state index contributed by atoms with van der Waals surface area (Å²) in [5.74, 6) is 0. The molecule has 0 radical (unpaired) electrons. The lowest BCUT2D eigenvalue weighted by Gasteiger charge is -2.14. The van der Waals surface area contributed by atoms with Gasteiger partial charge in [-0.05, 0) is 49.2 Å². The predicted molar refractivity (Wildman–Crippen MR) is 69.1 cm³/mol. The highest BCUT2D eigenvalue weighted by Gasteiger charge is 2.11. The highest BCUT2D eigenvalue weighted by atomic mass is 35.5. The van der Waals surface area contributed by atoms with Crippen molar-refractivity contribution in [1.82, 2.24) is 0 Å². The molecular formula is C12H19ClOSi. The van der Waals surface area contributed by atoms with Gasteiger partial charge < -0.3 is 4.43 Å². The fourth-order valence-electron chi connectivity index (χ4n) is 1.66. The zero-order chi connectivity index (χ0) is 11.3. The van der Waals surface area contributed by atoms with E-state index in [1.807, 2.05) is 6.07 Å². The molecule has 84 valence electrons. The van der Waals surface area contributed by atoms with Gasteiger partial charge in [0.05, 0.1) is 0 Å². The van der Waals surface area contributed by atoms with Crippen molar-refractivity contribution in [3.63, 3.8) is 0 Å². The molecule has 0 fully saturated rings. The lowest BCUT2D eigenvalue weighted by atomic mass is 10.1. The molecule has 1 aromatic carbocycles. The molecular weight excluding hydrogens is 224 g/mol. The first-order valence-electron chi connectivity index (χ1n) is 5.54. The van der Waals surface area contributed by atoms with Crippen LogP contribution in [0.4, 0.5) is 0 Å². The smallest absolute Gasteiger partial charge is 0.180 e. The van der Waals surface area contributed by atoms with Crippen molar-refractivity contribution in [2.45, 2.75) is 32.9 Å². The maximum Gasteiger partial charge on any atom is 0.180 e. The Morgan fingerprint density at radius 2 is 2.07 bits per heavy atom. The first-order chi connectivity index (χ1) is 7.17. The Hall–Kier alpha value is -0.313. The van der Waals surface area contributed by atoms with Gasteiger partial charge in [-0.3, -0.25) is 0 Å². The van der Waals surface area contributed by atoms with E-state index in [1.165, 1.54) is 17.2 Å². The van der Waals surface area contributed by atoms with Gasteiger partial charge in [0.1, 0.15) is 0 Å². The van der Waals surface area contributed by atoms with E-state index in [1.54, 1.807) is 0 Å². The van der Waals surface area contributed by atoms with E-state index >= 15 is 0 Å². The minimum atomic E-state index is -1.05. The summed E-state index contributed by atoms with van der Waals surface area (Å²) in [7, 11) is -1.05. The summed E-state index contributed by atoms with van der Waals surface area (Å²) in [5.41, 5.74) is 2.68. The fourth-order valence-corrected chi connectivity index (χ4v) is 3.90. The summed E-state index contributed by atoms with van der Waals surface area (Å²) in [6.45, 7) is 7.26. The molecule has 0 spiro atoms. The molecule has 1 nitrogen and oxygen atoms in total. The molecule has 3 heteroatoms. The monoisotopic (exact) mass is 242 g/mol. The maximum atomic E-state index is 6.00. The quantitative estimate of drug-likeness (QED) is 0.718. The van der Waals surface area contributed by atoms with Crippen molar-refractivity contribution >= 4 is 20.6 Å². The van der Waals surface area contributed by atoms with Crippen LogP contribution in [0.3, 0.4) is 0 Å². The topological polar surface area (TPSA) is 9.23 Å². The third-order valence-corrected chi connectivity index (χ3v) is 5.46. The Morgan fingerprint density at radius 1 is 1.33 bits per heavy atom. The van der Waals surface area contributed by atoms with Crippen LogP contribution in [0.2, 0.25) is 11.1 Å². The molecule has 0 aromatic heterocycles. The second-order valence-corrected chi connectivity index (χ2v) is 7.00. The first-order valence-corrected chi connectivity index (χ1v) is 8.02. The van der Waals surface area contributed by atoms with Gasteiger partial charge in [0.25, 0.3) is 0 Å². The average molecular weight is 243 g/mol. The van der Waals surface area contributed by atoms with Crippen LogP contribution in [-0.2, 0) is 10.5 Å². The molecule has 1 aromatic rings. The summed E-state index contributed by atoms with van der Waals surface area (Å²) in [6.07, 6.45) is 0. The van der Waals surface area contributed by atoms with Crippen LogP contribution < -0.4 is 0 Å². The SMILES string of the molecule is CCO[SiH](CC)Cc1cc(Cl)ccc1C. The molecule has 0 bridgehead atoms. The van der Waals surface area contributed by atoms with Crippen molar-refractivity contribution in [3.8, 4) is 0 Å². The first kappa shape index (κ1) is 12.8. The van der Waals surface area contributed by atoms with E-state index in [4.69, 9.17) is 16.0 Å². The zero-order valence-corrected chi connectivity index (χ0v) is 11.6. The van der Waals surface area contributed by atoms with E-state index in [0.29, 0.717) is 0 Å². The molecule has 15 heavy (non-hydrogen) atoms. The van der Waals surface area contributed by atoms with Gasteiger partial charge in [-0.1, -0.05) is 24.6 Å². The number of benzene rings is 1. The van der Waals surface area contributed by atoms with Gasteiger partial charge in [-0.25, -0.2) is 0 Å². The van der Waals surface area contributed by atoms with Crippen LogP contribution in [-0.4, -0.2) is 15.6 Å². The number of hydrogen-bond acceptors (Lipinski definition) is 1. The summed E-state index contributed by atoms with van der Waals surface area (Å²) >= 11 is 6.00. The molecule has 0 saturated carbocycles. The van der Waals surface area contributed by atoms with Gasteiger partial charge in [0.15, 0.2) is 9.04 Å². The molecule has 0 amide bonds. The van der Waals surface area contributed by atoms with E-state index in [-0.39, 0.29) is 0 Å². The van der Waals surface area contributed by atoms with Crippen LogP contribution in [0.15, 0.2) is 18.2 Å². The van der Waals surface area contributed by atoms with Crippen LogP contribution >= 0.6 is 11.6 Å². The van der Waals surface area contributed by atoms with Crippen LogP contribution in [0.5, 0.6) is 0 Å². The molecule has 0 aliphatic heterocycles. The summed E-state index contributed by atoms with van der Waals surface area (Å²) < 4.78 is 5.79. The highest BCUT2D eigenvalue weighted by molar-refractivity contribution is 6.51. The van der Waals surface area contributed by atoms with Gasteiger partial charge in [-0.15, -0.1) is 0 Å². The minimum Gasteiger partial charge on any atom is -0.420 e. The normalized spacial score (nSPS) is 12.8. The summed E-state index contributed by atoms with van der Waals surface area (Å²) in [6, 6.07) is 8.39. The molecule has 0 heterocycles. The lowest BCUT2D eigenvalue weighted by molar-refractivity contribution is 0.341. The fraction of sp³-hybridized carbons (Fsp3) is 0.500. The van der Waals surface area contributed by atoms with Gasteiger partial charge in [0, 0.05) is 11.6 Å². The second-order valence-electron chi connectivity index (χ2n) is 3.76. The lowest BCUT2D eigenvalue weighted by Crippen LogP contribution is -2.21. The second kappa shape index (κ2) is 6.31. The van der Waals surface area contributed by atoms with Crippen LogP contribution in [0, 0.1) is 6.92 Å². The number of rotatable bonds is 5. The zero-order valence-electron chi connectivity index (χ0n) is 9.72. The maximum absolute atomic E-state index is 6.00. The van der Waals surface area contributed by atoms with E-state index in [0.717, 1.165) is 17.7 Å². The Labute approximate surface area is 99.1 Å². The molecule has 0 saturated heterocycles. The third kappa shape index (κ3) is 3.97. The van der Waals surface area contributed by atoms with Crippen LogP contribution in [0.1, 0.15) is 25.0 Å². The van der Waals surface area contributed by atoms with Crippen molar-refractivity contribution in [2.24, 2.45) is 0 Å². The van der Waals surface area contributed by atoms with Gasteiger partial charge in [-0.2, -0.15) is 0 Å². The average Bonchev–Trinajstić information content (AvgIpc) is 2.22. The number of aryl methyl sites for hydroxylation is 1. The largest absolute Gasteiger partial charge is 0.420 e. The standard InChI is InChI=1S/C12H19ClOSi/c1-4-14-15(5-2)9-11-8-12(13)7-6-10(11)3/h6-8,15H,4-5,9H2,1-3H3. The predicted octanol–water partition coefficient (Wildman–Crippen LogP) is 3.51. The molecule has 0 aliphatic carbocycles. The van der Waals surface area contributed by atoms with Crippen molar-refractivity contribution in [1.29, 1.82) is 0 Å². The van der Waals surface area contributed by atoms with E-state index in [9.17, 15) is 0 Å². The Kier molecular flexibility index (Phi) is 5.36. The molecule has 0 aliphatic rings. The third-order valence-electron chi connectivity index (χ3n) is 2.62. The highest BCUT2D eigenvalue weighted by Crippen LogP contribution is 2.17. The van der Waals surface area contributed by atoms with E-state index < -0.39 is 9.04 Å². The molecule has 1 rings (SSSR count). The minimum absolute atomic E-state index is 0.830. The van der Waals surface area contributed by atoms with Gasteiger partial charge in [0.2, 0.25) is 0 Å². The number of hydrogen-bond donors (Lipinski definition) is 0. The Balaban J connectivity index is 2.73. The van der Waals surface area contributed by atoms with Crippen LogP contribution in [0.25, 0.3) is 0 Å². The Morgan fingerprint density at radius 3 is 2.67 bits per heavy atom. The summed E-state index contributed by atoms with van der Waals surface area (Å²) in [4.78, 5) is 0. The summed E-state index contributed by atoms with van der Waals surface area (Å²) in [5, 5.41) is 0.830. The Bertz CT molecular complexity index is 314. The van der Waals surface area contributed by atoms with Crippen molar-refractivity contribution in [3.05, 3.63) is 34.3 Å². The van der Waals surface area contributed by atoms with Crippen molar-refractivity contribution in [2.75, 3.05) is 6.61 Å².